The first-order valence-electron chi connectivity index (χ1n) is 4.06. The molecule has 4 nitrogen and oxygen atoms in total. The Morgan fingerprint density at radius 3 is 2.57 bits per heavy atom. The van der Waals surface area contributed by atoms with Crippen LogP contribution >= 0.6 is 11.6 Å². The Kier molecular flexibility index (Phi) is 2.47. The lowest BCUT2D eigenvalue weighted by atomic mass is 10.1. The Hall–Kier alpha value is -1.39. The number of aromatic amines is 1. The van der Waals surface area contributed by atoms with Gasteiger partial charge in [-0.05, 0) is 17.7 Å². The van der Waals surface area contributed by atoms with Crippen molar-refractivity contribution in [2.45, 2.75) is 6.10 Å². The largest absolute Gasteiger partial charge is 0.380 e. The maximum absolute atomic E-state index is 9.79. The molecule has 0 fully saturated rings. The monoisotopic (exact) mass is 209 g/mol. The van der Waals surface area contributed by atoms with Gasteiger partial charge in [-0.3, -0.25) is 5.10 Å². The topological polar surface area (TPSA) is 61.8 Å². The molecular formula is C9H8ClN3O. The Morgan fingerprint density at radius 1 is 1.29 bits per heavy atom. The SMILES string of the molecule is OC(c1ccc(Cl)cc1)c1ncn[nH]1. The summed E-state index contributed by atoms with van der Waals surface area (Å²) in [6.45, 7) is 0. The number of benzene rings is 1. The number of aromatic nitrogens is 3. The average molecular weight is 210 g/mol. The van der Waals surface area contributed by atoms with Gasteiger partial charge in [-0.2, -0.15) is 5.10 Å². The first-order valence-corrected chi connectivity index (χ1v) is 4.44. The predicted octanol–water partition coefficient (Wildman–Crippen LogP) is 1.54. The number of rotatable bonds is 2. The van der Waals surface area contributed by atoms with E-state index in [4.69, 9.17) is 11.6 Å². The van der Waals surface area contributed by atoms with Gasteiger partial charge in [-0.1, -0.05) is 23.7 Å². The van der Waals surface area contributed by atoms with E-state index in [2.05, 4.69) is 15.2 Å². The predicted molar refractivity (Wildman–Crippen MR) is 51.9 cm³/mol. The fraction of sp³-hybridized carbons (Fsp3) is 0.111. The average Bonchev–Trinajstić information content (AvgIpc) is 2.71. The summed E-state index contributed by atoms with van der Waals surface area (Å²) < 4.78 is 0. The molecule has 0 spiro atoms. The van der Waals surface area contributed by atoms with Crippen LogP contribution in [0.1, 0.15) is 17.5 Å². The van der Waals surface area contributed by atoms with E-state index in [1.54, 1.807) is 24.3 Å². The maximum Gasteiger partial charge on any atom is 0.157 e. The molecular weight excluding hydrogens is 202 g/mol. The molecule has 2 rings (SSSR count). The Labute approximate surface area is 85.6 Å². The number of hydrogen-bond donors (Lipinski definition) is 2. The third-order valence-electron chi connectivity index (χ3n) is 1.88. The van der Waals surface area contributed by atoms with Gasteiger partial charge in [0.2, 0.25) is 0 Å². The van der Waals surface area contributed by atoms with Crippen LogP contribution < -0.4 is 0 Å². The quantitative estimate of drug-likeness (QED) is 0.789. The number of aliphatic hydroxyl groups excluding tert-OH is 1. The number of halogens is 1. The standard InChI is InChI=1S/C9H8ClN3O/c10-7-3-1-6(2-4-7)8(14)9-11-5-12-13-9/h1-5,8,14H,(H,11,12,13). The van der Waals surface area contributed by atoms with Crippen molar-refractivity contribution in [3.8, 4) is 0 Å². The molecule has 1 heterocycles. The first kappa shape index (κ1) is 9.18. The first-order chi connectivity index (χ1) is 6.77. The lowest BCUT2D eigenvalue weighted by Gasteiger charge is -2.06. The van der Waals surface area contributed by atoms with Crippen LogP contribution in [0.3, 0.4) is 0 Å². The van der Waals surface area contributed by atoms with Gasteiger partial charge in [0.15, 0.2) is 5.82 Å². The molecule has 0 saturated carbocycles. The van der Waals surface area contributed by atoms with E-state index in [0.29, 0.717) is 10.8 Å². The molecule has 0 aliphatic heterocycles. The van der Waals surface area contributed by atoms with Crippen LogP contribution in [-0.4, -0.2) is 20.3 Å². The minimum atomic E-state index is -0.783. The van der Waals surface area contributed by atoms with Crippen molar-refractivity contribution in [1.82, 2.24) is 15.2 Å². The zero-order valence-corrected chi connectivity index (χ0v) is 7.94. The van der Waals surface area contributed by atoms with Crippen LogP contribution in [0.2, 0.25) is 5.02 Å². The highest BCUT2D eigenvalue weighted by Crippen LogP contribution is 2.19. The van der Waals surface area contributed by atoms with E-state index in [1.165, 1.54) is 6.33 Å². The van der Waals surface area contributed by atoms with Gasteiger partial charge in [-0.15, -0.1) is 0 Å². The zero-order chi connectivity index (χ0) is 9.97. The fourth-order valence-electron chi connectivity index (χ4n) is 1.15. The minimum absolute atomic E-state index is 0.423. The number of aliphatic hydroxyl groups is 1. The second-order valence-corrected chi connectivity index (χ2v) is 3.26. The molecule has 5 heteroatoms. The van der Waals surface area contributed by atoms with Crippen LogP contribution in [0.25, 0.3) is 0 Å². The molecule has 1 aromatic heterocycles. The highest BCUT2D eigenvalue weighted by atomic mass is 35.5. The van der Waals surface area contributed by atoms with Crippen molar-refractivity contribution in [3.05, 3.63) is 47.0 Å². The third kappa shape index (κ3) is 1.76. The summed E-state index contributed by atoms with van der Waals surface area (Å²) in [5.41, 5.74) is 0.728. The fourth-order valence-corrected chi connectivity index (χ4v) is 1.28. The lowest BCUT2D eigenvalue weighted by molar-refractivity contribution is 0.210. The molecule has 0 aliphatic carbocycles. The third-order valence-corrected chi connectivity index (χ3v) is 2.13. The second-order valence-electron chi connectivity index (χ2n) is 2.82. The van der Waals surface area contributed by atoms with Gasteiger partial charge in [0.1, 0.15) is 12.4 Å². The van der Waals surface area contributed by atoms with E-state index < -0.39 is 6.10 Å². The van der Waals surface area contributed by atoms with Crippen LogP contribution in [0.4, 0.5) is 0 Å². The van der Waals surface area contributed by atoms with Crippen molar-refractivity contribution in [1.29, 1.82) is 0 Å². The van der Waals surface area contributed by atoms with Crippen LogP contribution in [0.15, 0.2) is 30.6 Å². The molecule has 0 aliphatic rings. The van der Waals surface area contributed by atoms with Gasteiger partial charge in [0.25, 0.3) is 0 Å². The van der Waals surface area contributed by atoms with Crippen molar-refractivity contribution in [2.24, 2.45) is 0 Å². The summed E-state index contributed by atoms with van der Waals surface area (Å²) in [4.78, 5) is 3.87. The van der Waals surface area contributed by atoms with Gasteiger partial charge in [0, 0.05) is 5.02 Å². The van der Waals surface area contributed by atoms with E-state index in [0.717, 1.165) is 5.56 Å². The molecule has 0 bridgehead atoms. The van der Waals surface area contributed by atoms with Crippen LogP contribution in [0, 0.1) is 0 Å². The summed E-state index contributed by atoms with van der Waals surface area (Å²) in [6, 6.07) is 6.93. The minimum Gasteiger partial charge on any atom is -0.380 e. The van der Waals surface area contributed by atoms with Crippen molar-refractivity contribution < 1.29 is 5.11 Å². The normalized spacial score (nSPS) is 12.7. The van der Waals surface area contributed by atoms with Crippen molar-refractivity contribution in [2.75, 3.05) is 0 Å². The van der Waals surface area contributed by atoms with Crippen molar-refractivity contribution in [3.63, 3.8) is 0 Å². The number of hydrogen-bond acceptors (Lipinski definition) is 3. The zero-order valence-electron chi connectivity index (χ0n) is 7.18. The molecule has 72 valence electrons. The summed E-state index contributed by atoms with van der Waals surface area (Å²) in [7, 11) is 0. The molecule has 1 aromatic carbocycles. The molecule has 0 amide bonds. The lowest BCUT2D eigenvalue weighted by Crippen LogP contribution is -2.01. The summed E-state index contributed by atoms with van der Waals surface area (Å²) in [5, 5.41) is 16.7. The van der Waals surface area contributed by atoms with E-state index in [9.17, 15) is 5.11 Å². The molecule has 0 saturated heterocycles. The number of H-pyrrole nitrogens is 1. The van der Waals surface area contributed by atoms with Gasteiger partial charge >= 0.3 is 0 Å². The van der Waals surface area contributed by atoms with Gasteiger partial charge < -0.3 is 5.11 Å². The Bertz CT molecular complexity index is 399. The summed E-state index contributed by atoms with van der Waals surface area (Å²) in [5.74, 6) is 0.423. The molecule has 0 radical (unpaired) electrons. The van der Waals surface area contributed by atoms with Crippen molar-refractivity contribution >= 4 is 11.6 Å². The molecule has 1 atom stereocenters. The van der Waals surface area contributed by atoms with Gasteiger partial charge in [0.05, 0.1) is 0 Å². The van der Waals surface area contributed by atoms with E-state index in [-0.39, 0.29) is 0 Å². The van der Waals surface area contributed by atoms with Crippen LogP contribution in [0.5, 0.6) is 0 Å². The Balaban J connectivity index is 2.28. The molecule has 14 heavy (non-hydrogen) atoms. The number of nitrogens with one attached hydrogen (secondary N) is 1. The maximum atomic E-state index is 9.79. The van der Waals surface area contributed by atoms with E-state index in [1.807, 2.05) is 0 Å². The molecule has 2 N–H and O–H groups in total. The Morgan fingerprint density at radius 2 is 2.00 bits per heavy atom. The highest BCUT2D eigenvalue weighted by Gasteiger charge is 2.12. The highest BCUT2D eigenvalue weighted by molar-refractivity contribution is 6.30. The molecule has 2 aromatic rings. The smallest absolute Gasteiger partial charge is 0.157 e. The summed E-state index contributed by atoms with van der Waals surface area (Å²) in [6.07, 6.45) is 0.573. The number of nitrogens with zero attached hydrogens (tertiary/aromatic N) is 2. The summed E-state index contributed by atoms with van der Waals surface area (Å²) >= 11 is 5.72. The van der Waals surface area contributed by atoms with Crippen LogP contribution in [-0.2, 0) is 0 Å². The molecule has 1 unspecified atom stereocenters. The van der Waals surface area contributed by atoms with E-state index >= 15 is 0 Å². The second kappa shape index (κ2) is 3.77. The van der Waals surface area contributed by atoms with Gasteiger partial charge in [-0.25, -0.2) is 4.98 Å².